The van der Waals surface area contributed by atoms with Crippen LogP contribution < -0.4 is 4.74 Å². The smallest absolute Gasteiger partial charge is 0.122 e. The Morgan fingerprint density at radius 1 is 1.16 bits per heavy atom. The van der Waals surface area contributed by atoms with Gasteiger partial charge in [-0.15, -0.1) is 0 Å². The van der Waals surface area contributed by atoms with Gasteiger partial charge in [-0.1, -0.05) is 0 Å². The molecule has 2 aliphatic heterocycles. The van der Waals surface area contributed by atoms with Gasteiger partial charge in [0, 0.05) is 38.1 Å². The van der Waals surface area contributed by atoms with E-state index >= 15 is 0 Å². The van der Waals surface area contributed by atoms with Crippen LogP contribution in [-0.4, -0.2) is 48.3 Å². The summed E-state index contributed by atoms with van der Waals surface area (Å²) in [7, 11) is 0. The molecule has 0 N–H and O–H groups in total. The predicted octanol–water partition coefficient (Wildman–Crippen LogP) is 2.10. The maximum absolute atomic E-state index is 5.99. The number of rotatable bonds is 3. The fraction of sp³-hybridized carbons (Fsp3) is 0.667. The number of likely N-dealkylation sites (tertiary alicyclic amines) is 1. The van der Waals surface area contributed by atoms with Gasteiger partial charge in [0.2, 0.25) is 0 Å². The molecular weight excluding hydrogens is 240 g/mol. The number of aromatic nitrogens is 1. The van der Waals surface area contributed by atoms with E-state index in [2.05, 4.69) is 9.88 Å². The van der Waals surface area contributed by atoms with Crippen LogP contribution in [0.25, 0.3) is 0 Å². The third kappa shape index (κ3) is 3.45. The van der Waals surface area contributed by atoms with Crippen molar-refractivity contribution < 1.29 is 9.47 Å². The molecule has 2 fully saturated rings. The molecule has 4 nitrogen and oxygen atoms in total. The molecule has 0 saturated carbocycles. The normalized spacial score (nSPS) is 26.2. The standard InChI is InChI=1S/C15H22N2O2/c1-2-13(12-18-11-1)17-9-5-15(6-10-17)19-14-3-7-16-8-4-14/h3-4,7-8,13,15H,1-2,5-6,9-12H2. The van der Waals surface area contributed by atoms with Crippen molar-refractivity contribution in [2.24, 2.45) is 0 Å². The van der Waals surface area contributed by atoms with Gasteiger partial charge in [-0.05, 0) is 37.8 Å². The quantitative estimate of drug-likeness (QED) is 0.835. The van der Waals surface area contributed by atoms with E-state index in [1.54, 1.807) is 12.4 Å². The van der Waals surface area contributed by atoms with Gasteiger partial charge in [0.05, 0.1) is 6.61 Å². The molecule has 2 aliphatic rings. The van der Waals surface area contributed by atoms with Crippen LogP contribution in [-0.2, 0) is 4.74 Å². The highest BCUT2D eigenvalue weighted by atomic mass is 16.5. The van der Waals surface area contributed by atoms with Crippen LogP contribution in [0.15, 0.2) is 24.5 Å². The van der Waals surface area contributed by atoms with Gasteiger partial charge < -0.3 is 9.47 Å². The first-order chi connectivity index (χ1) is 9.42. The van der Waals surface area contributed by atoms with Gasteiger partial charge in [0.1, 0.15) is 11.9 Å². The zero-order valence-corrected chi connectivity index (χ0v) is 11.3. The highest BCUT2D eigenvalue weighted by molar-refractivity contribution is 5.17. The molecule has 19 heavy (non-hydrogen) atoms. The lowest BCUT2D eigenvalue weighted by molar-refractivity contribution is -0.00462. The zero-order valence-electron chi connectivity index (χ0n) is 11.3. The molecule has 3 rings (SSSR count). The minimum Gasteiger partial charge on any atom is -0.490 e. The maximum atomic E-state index is 5.99. The van der Waals surface area contributed by atoms with E-state index in [0.717, 1.165) is 44.9 Å². The summed E-state index contributed by atoms with van der Waals surface area (Å²) in [5, 5.41) is 0. The van der Waals surface area contributed by atoms with Crippen LogP contribution >= 0.6 is 0 Å². The Balaban J connectivity index is 1.46. The topological polar surface area (TPSA) is 34.6 Å². The number of piperidine rings is 1. The highest BCUT2D eigenvalue weighted by Crippen LogP contribution is 2.22. The Kier molecular flexibility index (Phi) is 4.30. The van der Waals surface area contributed by atoms with Crippen LogP contribution in [0.2, 0.25) is 0 Å². The van der Waals surface area contributed by atoms with E-state index in [1.807, 2.05) is 12.1 Å². The van der Waals surface area contributed by atoms with Crippen molar-refractivity contribution in [1.29, 1.82) is 0 Å². The lowest BCUT2D eigenvalue weighted by atomic mass is 10.0. The Morgan fingerprint density at radius 2 is 1.95 bits per heavy atom. The second kappa shape index (κ2) is 6.35. The molecule has 0 amide bonds. The summed E-state index contributed by atoms with van der Waals surface area (Å²) in [5.74, 6) is 0.939. The Hall–Kier alpha value is -1.13. The van der Waals surface area contributed by atoms with Crippen molar-refractivity contribution in [3.05, 3.63) is 24.5 Å². The van der Waals surface area contributed by atoms with E-state index in [0.29, 0.717) is 12.1 Å². The molecule has 0 aliphatic carbocycles. The van der Waals surface area contributed by atoms with Gasteiger partial charge in [0.25, 0.3) is 0 Å². The number of pyridine rings is 1. The molecule has 4 heteroatoms. The average Bonchev–Trinajstić information content (AvgIpc) is 2.50. The van der Waals surface area contributed by atoms with Crippen molar-refractivity contribution in [3.63, 3.8) is 0 Å². The molecular formula is C15H22N2O2. The molecule has 0 bridgehead atoms. The average molecular weight is 262 g/mol. The lowest BCUT2D eigenvalue weighted by Crippen LogP contribution is -2.47. The third-order valence-corrected chi connectivity index (χ3v) is 4.08. The van der Waals surface area contributed by atoms with Crippen LogP contribution in [0.4, 0.5) is 0 Å². The molecule has 1 unspecified atom stereocenters. The molecule has 0 radical (unpaired) electrons. The fourth-order valence-electron chi connectivity index (χ4n) is 2.98. The molecule has 1 atom stereocenters. The summed E-state index contributed by atoms with van der Waals surface area (Å²) in [5.41, 5.74) is 0. The fourth-order valence-corrected chi connectivity index (χ4v) is 2.98. The van der Waals surface area contributed by atoms with Crippen molar-refractivity contribution in [2.45, 2.75) is 37.8 Å². The first-order valence-corrected chi connectivity index (χ1v) is 7.30. The van der Waals surface area contributed by atoms with Gasteiger partial charge in [-0.25, -0.2) is 0 Å². The summed E-state index contributed by atoms with van der Waals surface area (Å²) < 4.78 is 11.6. The number of ether oxygens (including phenoxy) is 2. The second-order valence-electron chi connectivity index (χ2n) is 5.41. The van der Waals surface area contributed by atoms with Crippen molar-refractivity contribution in [3.8, 4) is 5.75 Å². The van der Waals surface area contributed by atoms with Gasteiger partial charge in [-0.3, -0.25) is 9.88 Å². The van der Waals surface area contributed by atoms with Crippen molar-refractivity contribution in [1.82, 2.24) is 9.88 Å². The first-order valence-electron chi connectivity index (χ1n) is 7.30. The Labute approximate surface area is 114 Å². The Morgan fingerprint density at radius 3 is 2.63 bits per heavy atom. The van der Waals surface area contributed by atoms with E-state index < -0.39 is 0 Å². The monoisotopic (exact) mass is 262 g/mol. The Bertz CT molecular complexity index is 371. The van der Waals surface area contributed by atoms with E-state index in [9.17, 15) is 0 Å². The van der Waals surface area contributed by atoms with Crippen molar-refractivity contribution >= 4 is 0 Å². The molecule has 104 valence electrons. The molecule has 0 aromatic carbocycles. The molecule has 2 saturated heterocycles. The summed E-state index contributed by atoms with van der Waals surface area (Å²) >= 11 is 0. The molecule has 0 spiro atoms. The van der Waals surface area contributed by atoms with Crippen LogP contribution in [0.3, 0.4) is 0 Å². The van der Waals surface area contributed by atoms with E-state index in [1.165, 1.54) is 12.8 Å². The van der Waals surface area contributed by atoms with Gasteiger partial charge in [-0.2, -0.15) is 0 Å². The molecule has 3 heterocycles. The summed E-state index contributed by atoms with van der Waals surface area (Å²) in [6.45, 7) is 4.11. The van der Waals surface area contributed by atoms with Crippen LogP contribution in [0.1, 0.15) is 25.7 Å². The number of hydrogen-bond acceptors (Lipinski definition) is 4. The minimum absolute atomic E-state index is 0.350. The van der Waals surface area contributed by atoms with E-state index in [-0.39, 0.29) is 0 Å². The predicted molar refractivity (Wildman–Crippen MR) is 73.3 cm³/mol. The molecule has 1 aromatic heterocycles. The summed E-state index contributed by atoms with van der Waals surface area (Å²) in [6.07, 6.45) is 8.63. The van der Waals surface area contributed by atoms with Gasteiger partial charge >= 0.3 is 0 Å². The SMILES string of the molecule is c1cc(OC2CCN(C3CCCOC3)CC2)ccn1. The number of hydrogen-bond donors (Lipinski definition) is 0. The maximum Gasteiger partial charge on any atom is 0.122 e. The zero-order chi connectivity index (χ0) is 12.9. The molecule has 1 aromatic rings. The van der Waals surface area contributed by atoms with Crippen molar-refractivity contribution in [2.75, 3.05) is 26.3 Å². The second-order valence-corrected chi connectivity index (χ2v) is 5.41. The third-order valence-electron chi connectivity index (χ3n) is 4.08. The van der Waals surface area contributed by atoms with Crippen LogP contribution in [0.5, 0.6) is 5.75 Å². The lowest BCUT2D eigenvalue weighted by Gasteiger charge is -2.39. The minimum atomic E-state index is 0.350. The largest absolute Gasteiger partial charge is 0.490 e. The number of nitrogens with zero attached hydrogens (tertiary/aromatic N) is 2. The summed E-state index contributed by atoms with van der Waals surface area (Å²) in [6, 6.07) is 4.50. The highest BCUT2D eigenvalue weighted by Gasteiger charge is 2.27. The van der Waals surface area contributed by atoms with Crippen LogP contribution in [0, 0.1) is 0 Å². The first kappa shape index (κ1) is 12.9. The summed E-state index contributed by atoms with van der Waals surface area (Å²) in [4.78, 5) is 6.58. The van der Waals surface area contributed by atoms with E-state index in [4.69, 9.17) is 9.47 Å². The van der Waals surface area contributed by atoms with Gasteiger partial charge in [0.15, 0.2) is 0 Å².